The van der Waals surface area contributed by atoms with E-state index in [1.165, 1.54) is 0 Å². The Morgan fingerprint density at radius 2 is 2.05 bits per heavy atom. The maximum absolute atomic E-state index is 12.5. The third-order valence-corrected chi connectivity index (χ3v) is 3.76. The number of anilines is 1. The number of benzene rings is 1. The Morgan fingerprint density at radius 3 is 2.67 bits per heavy atom. The molecule has 108 valence electrons. The number of carbonyl (C=O) groups excluding carboxylic acids is 1. The molecule has 1 amide bonds. The molecular weight excluding hydrogens is 264 g/mol. The van der Waals surface area contributed by atoms with E-state index in [0.717, 1.165) is 35.9 Å². The minimum absolute atomic E-state index is 0.0477. The Bertz CT molecular complexity index is 657. The van der Waals surface area contributed by atoms with Crippen molar-refractivity contribution in [3.8, 4) is 0 Å². The van der Waals surface area contributed by atoms with E-state index >= 15 is 0 Å². The number of nitrogens with one attached hydrogen (secondary N) is 1. The largest absolute Gasteiger partial charge is 0.373 e. The predicted molar refractivity (Wildman–Crippen MR) is 81.2 cm³/mol. The highest BCUT2D eigenvalue weighted by Gasteiger charge is 2.35. The van der Waals surface area contributed by atoms with Crippen molar-refractivity contribution in [2.45, 2.75) is 19.4 Å². The van der Waals surface area contributed by atoms with Crippen molar-refractivity contribution < 1.29 is 4.79 Å². The number of aromatic nitrogens is 2. The zero-order chi connectivity index (χ0) is 14.8. The molecular formula is C16H18N4O. The van der Waals surface area contributed by atoms with Crippen LogP contribution in [0.3, 0.4) is 0 Å². The summed E-state index contributed by atoms with van der Waals surface area (Å²) in [5.41, 5.74) is 1.63. The lowest BCUT2D eigenvalue weighted by Crippen LogP contribution is -2.45. The molecule has 0 spiro atoms. The topological polar surface area (TPSA) is 58.1 Å². The second-order valence-electron chi connectivity index (χ2n) is 5.14. The van der Waals surface area contributed by atoms with E-state index in [0.29, 0.717) is 0 Å². The van der Waals surface area contributed by atoms with Crippen LogP contribution in [0.2, 0.25) is 0 Å². The lowest BCUT2D eigenvalue weighted by atomic mass is 9.97. The van der Waals surface area contributed by atoms with Gasteiger partial charge in [0.15, 0.2) is 0 Å². The van der Waals surface area contributed by atoms with Crippen LogP contribution in [0.1, 0.15) is 34.3 Å². The fraction of sp³-hybridized carbons (Fsp3) is 0.312. The van der Waals surface area contributed by atoms with Crippen LogP contribution in [0.4, 0.5) is 5.82 Å². The summed E-state index contributed by atoms with van der Waals surface area (Å²) >= 11 is 0. The normalized spacial score (nSPS) is 17.2. The van der Waals surface area contributed by atoms with Gasteiger partial charge in [-0.3, -0.25) is 4.79 Å². The van der Waals surface area contributed by atoms with Crippen LogP contribution in [-0.2, 0) is 0 Å². The number of carbonyl (C=O) groups is 1. The van der Waals surface area contributed by atoms with E-state index in [1.807, 2.05) is 55.3 Å². The van der Waals surface area contributed by atoms with Crippen molar-refractivity contribution in [2.75, 3.05) is 18.9 Å². The van der Waals surface area contributed by atoms with Crippen LogP contribution in [0.25, 0.3) is 0 Å². The van der Waals surface area contributed by atoms with Crippen molar-refractivity contribution in [1.29, 1.82) is 0 Å². The fourth-order valence-corrected chi connectivity index (χ4v) is 2.57. The Labute approximate surface area is 124 Å². The Morgan fingerprint density at radius 1 is 1.29 bits per heavy atom. The van der Waals surface area contributed by atoms with Gasteiger partial charge in [-0.15, -0.1) is 0 Å². The second-order valence-corrected chi connectivity index (χ2v) is 5.14. The minimum Gasteiger partial charge on any atom is -0.373 e. The second kappa shape index (κ2) is 5.52. The van der Waals surface area contributed by atoms with E-state index in [-0.39, 0.29) is 11.9 Å². The first-order valence-electron chi connectivity index (χ1n) is 7.08. The number of hydrogen-bond donors (Lipinski definition) is 1. The molecule has 0 saturated carbocycles. The molecule has 1 N–H and O–H groups in total. The first-order chi connectivity index (χ1) is 10.2. The molecule has 5 heteroatoms. The molecule has 2 aromatic rings. The highest BCUT2D eigenvalue weighted by Crippen LogP contribution is 2.34. The minimum atomic E-state index is 0.0477. The van der Waals surface area contributed by atoms with E-state index in [9.17, 15) is 4.79 Å². The van der Waals surface area contributed by atoms with Crippen molar-refractivity contribution >= 4 is 11.7 Å². The molecule has 21 heavy (non-hydrogen) atoms. The third-order valence-electron chi connectivity index (χ3n) is 3.76. The summed E-state index contributed by atoms with van der Waals surface area (Å²) in [4.78, 5) is 23.2. The van der Waals surface area contributed by atoms with Gasteiger partial charge < -0.3 is 10.2 Å². The fourth-order valence-electron chi connectivity index (χ4n) is 2.57. The molecule has 0 bridgehead atoms. The molecule has 1 aromatic carbocycles. The van der Waals surface area contributed by atoms with Crippen LogP contribution < -0.4 is 5.32 Å². The summed E-state index contributed by atoms with van der Waals surface area (Å²) in [5, 5.41) is 3.03. The molecule has 3 rings (SSSR count). The molecule has 1 aromatic heterocycles. The van der Waals surface area contributed by atoms with Crippen molar-refractivity contribution in [3.05, 3.63) is 53.5 Å². The van der Waals surface area contributed by atoms with Gasteiger partial charge in [0.2, 0.25) is 0 Å². The zero-order valence-electron chi connectivity index (χ0n) is 12.2. The van der Waals surface area contributed by atoms with Gasteiger partial charge in [0.25, 0.3) is 5.91 Å². The molecule has 1 aliphatic heterocycles. The Kier molecular flexibility index (Phi) is 3.56. The van der Waals surface area contributed by atoms with Gasteiger partial charge in [0.05, 0.1) is 11.7 Å². The molecule has 2 heterocycles. The molecule has 1 aliphatic rings. The molecule has 5 nitrogen and oxygen atoms in total. The number of hydrogen-bond acceptors (Lipinski definition) is 4. The van der Waals surface area contributed by atoms with Gasteiger partial charge in [0.1, 0.15) is 11.6 Å². The number of likely N-dealkylation sites (tertiary alicyclic amines) is 1. The van der Waals surface area contributed by atoms with Gasteiger partial charge in [0, 0.05) is 25.2 Å². The summed E-state index contributed by atoms with van der Waals surface area (Å²) in [7, 11) is 1.83. The van der Waals surface area contributed by atoms with Gasteiger partial charge in [-0.05, 0) is 25.5 Å². The highest BCUT2D eigenvalue weighted by atomic mass is 16.2. The lowest BCUT2D eigenvalue weighted by molar-refractivity contribution is 0.0450. The first kappa shape index (κ1) is 13.5. The van der Waals surface area contributed by atoms with Gasteiger partial charge in [-0.2, -0.15) is 0 Å². The number of aryl methyl sites for hydroxylation is 1. The molecule has 1 saturated heterocycles. The van der Waals surface area contributed by atoms with Crippen LogP contribution >= 0.6 is 0 Å². The Balaban J connectivity index is 1.84. The number of nitrogens with zero attached hydrogens (tertiary/aromatic N) is 3. The van der Waals surface area contributed by atoms with E-state index < -0.39 is 0 Å². The van der Waals surface area contributed by atoms with Crippen LogP contribution in [0.5, 0.6) is 0 Å². The third kappa shape index (κ3) is 2.59. The van der Waals surface area contributed by atoms with Gasteiger partial charge in [-0.1, -0.05) is 18.2 Å². The molecule has 1 fully saturated rings. The standard InChI is InChI=1S/C16H18N4O/c1-11-18-13(10-15(17-2)19-11)14-8-9-20(14)16(21)12-6-4-3-5-7-12/h3-7,10,14H,8-9H2,1-2H3,(H,17,18,19). The monoisotopic (exact) mass is 282 g/mol. The van der Waals surface area contributed by atoms with E-state index in [2.05, 4.69) is 15.3 Å². The average molecular weight is 282 g/mol. The van der Waals surface area contributed by atoms with Crippen LogP contribution in [-0.4, -0.2) is 34.4 Å². The SMILES string of the molecule is CNc1cc(C2CCN2C(=O)c2ccccc2)nc(C)n1. The first-order valence-corrected chi connectivity index (χ1v) is 7.08. The summed E-state index contributed by atoms with van der Waals surface area (Å²) in [6.07, 6.45) is 0.943. The zero-order valence-corrected chi connectivity index (χ0v) is 12.2. The molecule has 0 radical (unpaired) electrons. The summed E-state index contributed by atoms with van der Waals surface area (Å²) in [5.74, 6) is 1.57. The smallest absolute Gasteiger partial charge is 0.254 e. The maximum Gasteiger partial charge on any atom is 0.254 e. The molecule has 1 unspecified atom stereocenters. The van der Waals surface area contributed by atoms with E-state index in [1.54, 1.807) is 0 Å². The molecule has 0 aliphatic carbocycles. The van der Waals surface area contributed by atoms with Gasteiger partial charge in [-0.25, -0.2) is 9.97 Å². The number of amides is 1. The van der Waals surface area contributed by atoms with Crippen molar-refractivity contribution in [1.82, 2.24) is 14.9 Å². The van der Waals surface area contributed by atoms with Crippen molar-refractivity contribution in [3.63, 3.8) is 0 Å². The highest BCUT2D eigenvalue weighted by molar-refractivity contribution is 5.94. The van der Waals surface area contributed by atoms with Gasteiger partial charge >= 0.3 is 0 Å². The quantitative estimate of drug-likeness (QED) is 0.939. The van der Waals surface area contributed by atoms with Crippen molar-refractivity contribution in [2.24, 2.45) is 0 Å². The van der Waals surface area contributed by atoms with Crippen LogP contribution in [0, 0.1) is 6.92 Å². The Hall–Kier alpha value is -2.43. The summed E-state index contributed by atoms with van der Waals surface area (Å²) in [6.45, 7) is 2.64. The average Bonchev–Trinajstić information content (AvgIpc) is 2.46. The predicted octanol–water partition coefficient (Wildman–Crippen LogP) is 2.41. The van der Waals surface area contributed by atoms with E-state index in [4.69, 9.17) is 0 Å². The molecule has 1 atom stereocenters. The summed E-state index contributed by atoms with van der Waals surface area (Å²) in [6, 6.07) is 11.3. The summed E-state index contributed by atoms with van der Waals surface area (Å²) < 4.78 is 0. The number of rotatable bonds is 3. The van der Waals surface area contributed by atoms with Crippen LogP contribution in [0.15, 0.2) is 36.4 Å². The maximum atomic E-state index is 12.5. The lowest BCUT2D eigenvalue weighted by Gasteiger charge is -2.40.